The van der Waals surface area contributed by atoms with Gasteiger partial charge in [0, 0.05) is 17.5 Å². The van der Waals surface area contributed by atoms with E-state index in [-0.39, 0.29) is 29.6 Å². The van der Waals surface area contributed by atoms with Gasteiger partial charge in [-0.05, 0) is 52.9 Å². The zero-order chi connectivity index (χ0) is 25.7. The van der Waals surface area contributed by atoms with E-state index in [0.717, 1.165) is 35.1 Å². The zero-order valence-electron chi connectivity index (χ0n) is 21.0. The number of carbonyl (C=O) groups is 3. The molecule has 2 bridgehead atoms. The lowest BCUT2D eigenvalue weighted by Gasteiger charge is -2.45. The van der Waals surface area contributed by atoms with Gasteiger partial charge >= 0.3 is 0 Å². The number of unbranched alkanes of at least 4 members (excludes halogenated alkanes) is 1. The molecule has 0 spiro atoms. The van der Waals surface area contributed by atoms with E-state index in [0.29, 0.717) is 17.9 Å². The van der Waals surface area contributed by atoms with Crippen molar-refractivity contribution in [1.29, 1.82) is 0 Å². The van der Waals surface area contributed by atoms with Crippen molar-refractivity contribution in [2.75, 3.05) is 12.4 Å². The van der Waals surface area contributed by atoms with Crippen molar-refractivity contribution in [3.05, 3.63) is 95.1 Å². The zero-order valence-corrected chi connectivity index (χ0v) is 21.0. The van der Waals surface area contributed by atoms with Crippen molar-refractivity contribution in [2.45, 2.75) is 44.1 Å². The van der Waals surface area contributed by atoms with Gasteiger partial charge in [0.1, 0.15) is 11.8 Å². The number of imide groups is 1. The van der Waals surface area contributed by atoms with Gasteiger partial charge in [-0.2, -0.15) is 0 Å². The molecule has 1 aliphatic heterocycles. The molecule has 1 heterocycles. The first-order valence-electron chi connectivity index (χ1n) is 13.0. The third-order valence-electron chi connectivity index (χ3n) is 8.29. The smallest absolute Gasteiger partial charge is 0.247 e. The lowest BCUT2D eigenvalue weighted by atomic mass is 9.55. The van der Waals surface area contributed by atoms with Crippen molar-refractivity contribution in [1.82, 2.24) is 4.90 Å². The standard InChI is InChI=1S/C31H30N2O4/c1-3-4-13-24(29(34)32-18-14-16-19(37-2)17-15-18)33-30(35)27-25-20-9-5-6-10-21(20)26(28(27)31(33)36)23-12-8-7-11-22(23)25/h5-12,14-17,24-28H,3-4,13H2,1-2H3,(H,32,34)/t24-,25?,26?,27-,28+/m0/s1. The minimum Gasteiger partial charge on any atom is -0.497 e. The number of nitrogens with zero attached hydrogens (tertiary/aromatic N) is 1. The van der Waals surface area contributed by atoms with E-state index in [1.165, 1.54) is 4.90 Å². The van der Waals surface area contributed by atoms with Crippen LogP contribution in [0.3, 0.4) is 0 Å². The van der Waals surface area contributed by atoms with Crippen molar-refractivity contribution in [2.24, 2.45) is 11.8 Å². The number of amides is 3. The normalized spacial score (nSPS) is 23.8. The summed E-state index contributed by atoms with van der Waals surface area (Å²) in [6.45, 7) is 2.04. The van der Waals surface area contributed by atoms with Crippen LogP contribution in [0.5, 0.6) is 5.75 Å². The van der Waals surface area contributed by atoms with Crippen LogP contribution >= 0.6 is 0 Å². The second-order valence-electron chi connectivity index (χ2n) is 10.2. The first kappa shape index (κ1) is 23.5. The lowest BCUT2D eigenvalue weighted by Crippen LogP contribution is -2.48. The molecule has 37 heavy (non-hydrogen) atoms. The maximum absolute atomic E-state index is 14.1. The molecule has 6 nitrogen and oxygen atoms in total. The van der Waals surface area contributed by atoms with Crippen LogP contribution in [0.4, 0.5) is 5.69 Å². The summed E-state index contributed by atoms with van der Waals surface area (Å²) in [5.74, 6) is -1.42. The van der Waals surface area contributed by atoms with Crippen LogP contribution in [0.1, 0.15) is 60.3 Å². The predicted octanol–water partition coefficient (Wildman–Crippen LogP) is 5.08. The van der Waals surface area contributed by atoms with Crippen molar-refractivity contribution in [3.63, 3.8) is 0 Å². The van der Waals surface area contributed by atoms with Gasteiger partial charge in [0.2, 0.25) is 17.7 Å². The molecule has 1 fully saturated rings. The molecular weight excluding hydrogens is 464 g/mol. The van der Waals surface area contributed by atoms with Crippen molar-refractivity contribution < 1.29 is 19.1 Å². The molecule has 3 aromatic carbocycles. The van der Waals surface area contributed by atoms with Crippen LogP contribution in [-0.4, -0.2) is 35.8 Å². The number of benzene rings is 3. The Morgan fingerprint density at radius 3 is 1.76 bits per heavy atom. The van der Waals surface area contributed by atoms with Crippen LogP contribution in [0.25, 0.3) is 0 Å². The molecule has 3 amide bonds. The SMILES string of the molecule is CCCC[C@@H](C(=O)Nc1ccc(OC)cc1)N1C(=O)[C@@H]2C3c4ccccc4C(c4ccccc43)[C@@H]2C1=O. The summed E-state index contributed by atoms with van der Waals surface area (Å²) < 4.78 is 5.21. The van der Waals surface area contributed by atoms with Gasteiger partial charge < -0.3 is 10.1 Å². The summed E-state index contributed by atoms with van der Waals surface area (Å²) in [7, 11) is 1.59. The van der Waals surface area contributed by atoms with Crippen LogP contribution in [0.15, 0.2) is 72.8 Å². The van der Waals surface area contributed by atoms with Gasteiger partial charge in [-0.1, -0.05) is 68.3 Å². The highest BCUT2D eigenvalue weighted by molar-refractivity contribution is 6.11. The first-order chi connectivity index (χ1) is 18.0. The molecule has 4 aliphatic rings. The number of rotatable bonds is 7. The van der Waals surface area contributed by atoms with E-state index < -0.39 is 17.9 Å². The van der Waals surface area contributed by atoms with Crippen molar-refractivity contribution in [3.8, 4) is 5.75 Å². The largest absolute Gasteiger partial charge is 0.497 e. The molecule has 0 aromatic heterocycles. The van der Waals surface area contributed by atoms with E-state index in [1.807, 2.05) is 31.2 Å². The summed E-state index contributed by atoms with van der Waals surface area (Å²) in [6.07, 6.45) is 2.03. The molecule has 1 saturated heterocycles. The highest BCUT2D eigenvalue weighted by Crippen LogP contribution is 2.61. The Kier molecular flexibility index (Phi) is 5.82. The molecule has 0 radical (unpaired) electrons. The molecule has 7 rings (SSSR count). The molecule has 3 aromatic rings. The number of hydrogen-bond acceptors (Lipinski definition) is 4. The van der Waals surface area contributed by atoms with Gasteiger partial charge in [0.05, 0.1) is 18.9 Å². The Morgan fingerprint density at radius 1 is 0.838 bits per heavy atom. The predicted molar refractivity (Wildman–Crippen MR) is 140 cm³/mol. The summed E-state index contributed by atoms with van der Waals surface area (Å²) in [5.41, 5.74) is 5.11. The maximum Gasteiger partial charge on any atom is 0.247 e. The van der Waals surface area contributed by atoms with Crippen LogP contribution in [0, 0.1) is 11.8 Å². The number of anilines is 1. The quantitative estimate of drug-likeness (QED) is 0.465. The topological polar surface area (TPSA) is 75.7 Å². The average Bonchev–Trinajstić information content (AvgIpc) is 3.19. The van der Waals surface area contributed by atoms with Gasteiger partial charge in [0.25, 0.3) is 0 Å². The second-order valence-corrected chi connectivity index (χ2v) is 10.2. The maximum atomic E-state index is 14.1. The van der Waals surface area contributed by atoms with Gasteiger partial charge in [-0.3, -0.25) is 19.3 Å². The third-order valence-corrected chi connectivity index (χ3v) is 8.29. The fraction of sp³-hybridized carbons (Fsp3) is 0.323. The van der Waals surface area contributed by atoms with Crippen LogP contribution < -0.4 is 10.1 Å². The number of nitrogens with one attached hydrogen (secondary N) is 1. The number of carbonyl (C=O) groups excluding carboxylic acids is 3. The van der Waals surface area contributed by atoms with Crippen LogP contribution in [-0.2, 0) is 14.4 Å². The monoisotopic (exact) mass is 494 g/mol. The minimum absolute atomic E-state index is 0.180. The molecule has 3 aliphatic carbocycles. The number of ether oxygens (including phenoxy) is 1. The van der Waals surface area contributed by atoms with Gasteiger partial charge in [-0.25, -0.2) is 0 Å². The average molecular weight is 495 g/mol. The first-order valence-corrected chi connectivity index (χ1v) is 13.0. The highest BCUT2D eigenvalue weighted by Gasteiger charge is 2.62. The Morgan fingerprint density at radius 2 is 1.32 bits per heavy atom. The van der Waals surface area contributed by atoms with Crippen LogP contribution in [0.2, 0.25) is 0 Å². The molecule has 188 valence electrons. The Balaban J connectivity index is 1.37. The molecule has 6 heteroatoms. The molecule has 1 N–H and O–H groups in total. The van der Waals surface area contributed by atoms with E-state index in [9.17, 15) is 14.4 Å². The molecular formula is C31H30N2O4. The Hall–Kier alpha value is -3.93. The number of likely N-dealkylation sites (tertiary alicyclic amines) is 1. The van der Waals surface area contributed by atoms with E-state index in [1.54, 1.807) is 31.4 Å². The van der Waals surface area contributed by atoms with E-state index in [2.05, 4.69) is 29.6 Å². The molecule has 0 saturated carbocycles. The number of methoxy groups -OCH3 is 1. The summed E-state index contributed by atoms with van der Waals surface area (Å²) >= 11 is 0. The second kappa shape index (κ2) is 9.18. The minimum atomic E-state index is -0.849. The lowest BCUT2D eigenvalue weighted by molar-refractivity contribution is -0.147. The fourth-order valence-corrected chi connectivity index (χ4v) is 6.68. The number of hydrogen-bond donors (Lipinski definition) is 1. The van der Waals surface area contributed by atoms with Crippen molar-refractivity contribution >= 4 is 23.4 Å². The van der Waals surface area contributed by atoms with E-state index in [4.69, 9.17) is 4.74 Å². The van der Waals surface area contributed by atoms with E-state index >= 15 is 0 Å². The summed E-state index contributed by atoms with van der Waals surface area (Å²) in [6, 6.07) is 22.6. The van der Waals surface area contributed by atoms with Gasteiger partial charge in [-0.15, -0.1) is 0 Å². The molecule has 3 atom stereocenters. The summed E-state index contributed by atoms with van der Waals surface area (Å²) in [4.78, 5) is 43.1. The summed E-state index contributed by atoms with van der Waals surface area (Å²) in [5, 5.41) is 2.93. The molecule has 0 unspecified atom stereocenters. The van der Waals surface area contributed by atoms with Gasteiger partial charge in [0.15, 0.2) is 0 Å². The Bertz CT molecular complexity index is 1270. The third kappa shape index (κ3) is 3.57. The Labute approximate surface area is 216 Å². The fourth-order valence-electron chi connectivity index (χ4n) is 6.68. The highest BCUT2D eigenvalue weighted by atomic mass is 16.5.